The third-order valence-electron chi connectivity index (χ3n) is 5.38. The van der Waals surface area contributed by atoms with Gasteiger partial charge in [0.2, 0.25) is 0 Å². The standard InChI is InChI=1S/C28H22N2/c1-4-12-22(13-5-1)25-20-26(23-14-6-2-7-15-23)30(28-18-10-11-19-29-28)27(21-25)24-16-8-3-9-17-24/h1-21,26H. The molecule has 0 saturated carbocycles. The summed E-state index contributed by atoms with van der Waals surface area (Å²) in [6.07, 6.45) is 6.47. The molecule has 0 N–H and O–H groups in total. The van der Waals surface area contributed by atoms with Crippen molar-refractivity contribution in [2.24, 2.45) is 0 Å². The van der Waals surface area contributed by atoms with Crippen LogP contribution in [-0.2, 0) is 0 Å². The predicted molar refractivity (Wildman–Crippen MR) is 125 cm³/mol. The molecule has 1 unspecified atom stereocenters. The Labute approximate surface area is 177 Å². The molecule has 2 heterocycles. The van der Waals surface area contributed by atoms with E-state index in [1.165, 1.54) is 22.3 Å². The monoisotopic (exact) mass is 386 g/mol. The van der Waals surface area contributed by atoms with Crippen molar-refractivity contribution >= 4 is 17.1 Å². The van der Waals surface area contributed by atoms with Crippen LogP contribution in [0.1, 0.15) is 22.7 Å². The number of allylic oxidation sites excluding steroid dienone is 2. The molecule has 5 rings (SSSR count). The first-order valence-corrected chi connectivity index (χ1v) is 10.2. The maximum absolute atomic E-state index is 4.71. The summed E-state index contributed by atoms with van der Waals surface area (Å²) in [6, 6.07) is 37.9. The maximum atomic E-state index is 4.71. The Morgan fingerprint density at radius 2 is 1.20 bits per heavy atom. The van der Waals surface area contributed by atoms with Crippen LogP contribution in [0, 0.1) is 0 Å². The highest BCUT2D eigenvalue weighted by molar-refractivity contribution is 5.93. The van der Waals surface area contributed by atoms with Crippen LogP contribution in [0.2, 0.25) is 0 Å². The average Bonchev–Trinajstić information content (AvgIpc) is 2.85. The predicted octanol–water partition coefficient (Wildman–Crippen LogP) is 6.77. The third kappa shape index (κ3) is 3.56. The number of aromatic nitrogens is 1. The van der Waals surface area contributed by atoms with Gasteiger partial charge in [0.1, 0.15) is 5.82 Å². The fourth-order valence-corrected chi connectivity index (χ4v) is 3.96. The van der Waals surface area contributed by atoms with E-state index in [2.05, 4.69) is 114 Å². The molecule has 4 aromatic rings. The molecule has 3 aromatic carbocycles. The molecule has 2 nitrogen and oxygen atoms in total. The summed E-state index contributed by atoms with van der Waals surface area (Å²) in [4.78, 5) is 7.04. The average molecular weight is 386 g/mol. The molecule has 0 radical (unpaired) electrons. The van der Waals surface area contributed by atoms with E-state index in [0.29, 0.717) is 0 Å². The number of nitrogens with zero attached hydrogens (tertiary/aromatic N) is 2. The lowest BCUT2D eigenvalue weighted by Crippen LogP contribution is -2.29. The first-order chi connectivity index (χ1) is 14.9. The van der Waals surface area contributed by atoms with Gasteiger partial charge in [-0.25, -0.2) is 4.98 Å². The molecule has 2 heteroatoms. The normalized spacial score (nSPS) is 16.0. The number of anilines is 1. The highest BCUT2D eigenvalue weighted by Crippen LogP contribution is 2.41. The molecule has 0 spiro atoms. The minimum absolute atomic E-state index is 0.0384. The van der Waals surface area contributed by atoms with Gasteiger partial charge in [0.25, 0.3) is 0 Å². The van der Waals surface area contributed by atoms with E-state index in [-0.39, 0.29) is 6.04 Å². The summed E-state index contributed by atoms with van der Waals surface area (Å²) in [5.41, 5.74) is 5.98. The van der Waals surface area contributed by atoms with Crippen LogP contribution in [0.15, 0.2) is 128 Å². The number of pyridine rings is 1. The van der Waals surface area contributed by atoms with Crippen LogP contribution in [0.25, 0.3) is 11.3 Å². The van der Waals surface area contributed by atoms with Gasteiger partial charge in [0.15, 0.2) is 0 Å². The van der Waals surface area contributed by atoms with Crippen molar-refractivity contribution < 1.29 is 0 Å². The van der Waals surface area contributed by atoms with Crippen LogP contribution >= 0.6 is 0 Å². The van der Waals surface area contributed by atoms with Gasteiger partial charge in [-0.2, -0.15) is 0 Å². The Bertz CT molecular complexity index is 1160. The van der Waals surface area contributed by atoms with Gasteiger partial charge >= 0.3 is 0 Å². The molecule has 0 bridgehead atoms. The first-order valence-electron chi connectivity index (χ1n) is 10.2. The van der Waals surface area contributed by atoms with Crippen molar-refractivity contribution in [3.05, 3.63) is 144 Å². The Hall–Kier alpha value is -3.91. The molecule has 1 aromatic heterocycles. The molecule has 0 aliphatic carbocycles. The van der Waals surface area contributed by atoms with Crippen LogP contribution in [0.4, 0.5) is 5.82 Å². The van der Waals surface area contributed by atoms with E-state index in [1.807, 2.05) is 18.3 Å². The van der Waals surface area contributed by atoms with Crippen LogP contribution in [0.5, 0.6) is 0 Å². The van der Waals surface area contributed by atoms with E-state index in [1.54, 1.807) is 0 Å². The van der Waals surface area contributed by atoms with Gasteiger partial charge < -0.3 is 4.90 Å². The zero-order valence-corrected chi connectivity index (χ0v) is 16.6. The van der Waals surface area contributed by atoms with E-state index in [4.69, 9.17) is 4.98 Å². The lowest BCUT2D eigenvalue weighted by molar-refractivity contribution is 0.836. The van der Waals surface area contributed by atoms with Crippen LogP contribution in [-0.4, -0.2) is 4.98 Å². The van der Waals surface area contributed by atoms with Gasteiger partial charge in [0.05, 0.1) is 11.7 Å². The quantitative estimate of drug-likeness (QED) is 0.385. The summed E-state index contributed by atoms with van der Waals surface area (Å²) in [6.45, 7) is 0. The van der Waals surface area contributed by atoms with Crippen molar-refractivity contribution in [2.75, 3.05) is 4.90 Å². The second-order valence-corrected chi connectivity index (χ2v) is 7.30. The van der Waals surface area contributed by atoms with E-state index in [0.717, 1.165) is 11.5 Å². The van der Waals surface area contributed by atoms with Gasteiger partial charge in [-0.15, -0.1) is 0 Å². The molecule has 144 valence electrons. The smallest absolute Gasteiger partial charge is 0.133 e. The van der Waals surface area contributed by atoms with Gasteiger partial charge in [-0.1, -0.05) is 97.1 Å². The molecular formula is C28H22N2. The van der Waals surface area contributed by atoms with Crippen molar-refractivity contribution in [3.63, 3.8) is 0 Å². The number of rotatable bonds is 4. The zero-order valence-electron chi connectivity index (χ0n) is 16.6. The topological polar surface area (TPSA) is 16.1 Å². The van der Waals surface area contributed by atoms with E-state index >= 15 is 0 Å². The fraction of sp³-hybridized carbons (Fsp3) is 0.0357. The summed E-state index contributed by atoms with van der Waals surface area (Å²) >= 11 is 0. The summed E-state index contributed by atoms with van der Waals surface area (Å²) in [5.74, 6) is 0.935. The Morgan fingerprint density at radius 3 is 1.83 bits per heavy atom. The molecule has 0 saturated heterocycles. The molecule has 1 aliphatic rings. The first kappa shape index (κ1) is 18.1. The van der Waals surface area contributed by atoms with Crippen molar-refractivity contribution in [2.45, 2.75) is 6.04 Å². The van der Waals surface area contributed by atoms with Crippen molar-refractivity contribution in [1.82, 2.24) is 4.98 Å². The molecular weight excluding hydrogens is 364 g/mol. The van der Waals surface area contributed by atoms with Crippen molar-refractivity contribution in [3.8, 4) is 0 Å². The number of hydrogen-bond donors (Lipinski definition) is 0. The second-order valence-electron chi connectivity index (χ2n) is 7.30. The SMILES string of the molecule is C1=C(c2ccccc2)C=C(c2ccccc2)N(c2ccccn2)C1c1ccccc1. The Kier molecular flexibility index (Phi) is 4.97. The highest BCUT2D eigenvalue weighted by Gasteiger charge is 2.28. The lowest BCUT2D eigenvalue weighted by Gasteiger charge is -2.37. The largest absolute Gasteiger partial charge is 0.315 e. The van der Waals surface area contributed by atoms with Gasteiger partial charge in [-0.3, -0.25) is 0 Å². The summed E-state index contributed by atoms with van der Waals surface area (Å²) < 4.78 is 0. The molecule has 0 fully saturated rings. The number of benzene rings is 3. The van der Waals surface area contributed by atoms with Gasteiger partial charge in [-0.05, 0) is 46.5 Å². The Balaban J connectivity index is 1.74. The maximum Gasteiger partial charge on any atom is 0.133 e. The molecule has 1 atom stereocenters. The molecule has 30 heavy (non-hydrogen) atoms. The minimum atomic E-state index is 0.0384. The second kappa shape index (κ2) is 8.22. The van der Waals surface area contributed by atoms with E-state index in [9.17, 15) is 0 Å². The summed E-state index contributed by atoms with van der Waals surface area (Å²) in [7, 11) is 0. The summed E-state index contributed by atoms with van der Waals surface area (Å²) in [5, 5.41) is 0. The van der Waals surface area contributed by atoms with Crippen LogP contribution < -0.4 is 4.90 Å². The lowest BCUT2D eigenvalue weighted by atomic mass is 9.91. The van der Waals surface area contributed by atoms with Crippen LogP contribution in [0.3, 0.4) is 0 Å². The zero-order chi connectivity index (χ0) is 20.2. The third-order valence-corrected chi connectivity index (χ3v) is 5.38. The number of hydrogen-bond acceptors (Lipinski definition) is 2. The van der Waals surface area contributed by atoms with Gasteiger partial charge in [0, 0.05) is 6.20 Å². The minimum Gasteiger partial charge on any atom is -0.315 e. The fourth-order valence-electron chi connectivity index (χ4n) is 3.96. The highest BCUT2D eigenvalue weighted by atomic mass is 15.2. The molecule has 1 aliphatic heterocycles. The van der Waals surface area contributed by atoms with Crippen molar-refractivity contribution in [1.29, 1.82) is 0 Å². The van der Waals surface area contributed by atoms with E-state index < -0.39 is 0 Å². The Morgan fingerprint density at radius 1 is 0.600 bits per heavy atom. The molecule has 0 amide bonds.